The molecule has 0 amide bonds. The van der Waals surface area contributed by atoms with Gasteiger partial charge in [0.05, 0.1) is 11.9 Å². The summed E-state index contributed by atoms with van der Waals surface area (Å²) in [6.45, 7) is 7.72. The molecule has 2 aromatic heterocycles. The van der Waals surface area contributed by atoms with E-state index in [0.717, 1.165) is 23.8 Å². The van der Waals surface area contributed by atoms with E-state index in [2.05, 4.69) is 28.5 Å². The molecule has 0 unspecified atom stereocenters. The van der Waals surface area contributed by atoms with Crippen LogP contribution in [-0.4, -0.2) is 26.5 Å². The molecule has 7 heteroatoms. The molecule has 0 radical (unpaired) electrons. The van der Waals surface area contributed by atoms with Gasteiger partial charge < -0.3 is 4.90 Å². The number of nitrogens with zero attached hydrogens (tertiary/aromatic N) is 2. The molecular formula is C14H19N3O2S2. The van der Waals surface area contributed by atoms with Gasteiger partial charge in [-0.25, -0.2) is 13.4 Å². The summed E-state index contributed by atoms with van der Waals surface area (Å²) >= 11 is 1.25. The average molecular weight is 325 g/mol. The first-order chi connectivity index (χ1) is 9.96. The zero-order valence-corrected chi connectivity index (χ0v) is 14.0. The summed E-state index contributed by atoms with van der Waals surface area (Å²) in [5.74, 6) is 0.843. The molecule has 2 rings (SSSR count). The lowest BCUT2D eigenvalue weighted by Crippen LogP contribution is -2.22. The molecule has 0 fully saturated rings. The van der Waals surface area contributed by atoms with E-state index in [0.29, 0.717) is 9.90 Å². The smallest absolute Gasteiger partial charge is 0.271 e. The van der Waals surface area contributed by atoms with Crippen molar-refractivity contribution in [2.24, 2.45) is 0 Å². The van der Waals surface area contributed by atoms with Crippen molar-refractivity contribution in [3.63, 3.8) is 0 Å². The highest BCUT2D eigenvalue weighted by Gasteiger charge is 2.16. The second-order valence-electron chi connectivity index (χ2n) is 4.55. The van der Waals surface area contributed by atoms with Crippen molar-refractivity contribution >= 4 is 32.9 Å². The third kappa shape index (κ3) is 3.74. The van der Waals surface area contributed by atoms with Crippen LogP contribution in [0.5, 0.6) is 0 Å². The molecule has 0 aliphatic heterocycles. The molecule has 0 aliphatic rings. The SMILES string of the molecule is CCN(CC)c1ccc(NS(=O)(=O)c2ccc(C)s2)cn1. The number of nitrogens with one attached hydrogen (secondary N) is 1. The van der Waals surface area contributed by atoms with Crippen LogP contribution in [0.25, 0.3) is 0 Å². The Morgan fingerprint density at radius 2 is 1.90 bits per heavy atom. The van der Waals surface area contributed by atoms with E-state index in [4.69, 9.17) is 0 Å². The summed E-state index contributed by atoms with van der Waals surface area (Å²) < 4.78 is 27.3. The van der Waals surface area contributed by atoms with Gasteiger partial charge in [-0.15, -0.1) is 11.3 Å². The van der Waals surface area contributed by atoms with Crippen molar-refractivity contribution in [2.75, 3.05) is 22.7 Å². The Hall–Kier alpha value is -1.60. The van der Waals surface area contributed by atoms with Crippen LogP contribution in [0.1, 0.15) is 18.7 Å². The van der Waals surface area contributed by atoms with Gasteiger partial charge in [-0.3, -0.25) is 4.72 Å². The molecule has 2 aromatic rings. The zero-order chi connectivity index (χ0) is 15.5. The van der Waals surface area contributed by atoms with Crippen LogP contribution in [0.15, 0.2) is 34.7 Å². The maximum atomic E-state index is 12.2. The van der Waals surface area contributed by atoms with Gasteiger partial charge >= 0.3 is 0 Å². The lowest BCUT2D eigenvalue weighted by molar-refractivity contribution is 0.603. The van der Waals surface area contributed by atoms with Crippen molar-refractivity contribution in [2.45, 2.75) is 25.0 Å². The van der Waals surface area contributed by atoms with Crippen LogP contribution in [-0.2, 0) is 10.0 Å². The molecule has 21 heavy (non-hydrogen) atoms. The maximum absolute atomic E-state index is 12.2. The van der Waals surface area contributed by atoms with Gasteiger partial charge in [-0.05, 0) is 45.0 Å². The van der Waals surface area contributed by atoms with Crippen molar-refractivity contribution in [1.29, 1.82) is 0 Å². The molecule has 2 heterocycles. The molecule has 0 bridgehead atoms. The molecule has 0 atom stereocenters. The second-order valence-corrected chi connectivity index (χ2v) is 7.75. The predicted octanol–water partition coefficient (Wildman–Crippen LogP) is 3.10. The lowest BCUT2D eigenvalue weighted by Gasteiger charge is -2.19. The topological polar surface area (TPSA) is 62.3 Å². The minimum Gasteiger partial charge on any atom is -0.357 e. The molecule has 1 N–H and O–H groups in total. The van der Waals surface area contributed by atoms with Crippen LogP contribution in [0.4, 0.5) is 11.5 Å². The largest absolute Gasteiger partial charge is 0.357 e. The van der Waals surface area contributed by atoms with Crippen LogP contribution < -0.4 is 9.62 Å². The third-order valence-corrected chi connectivity index (χ3v) is 5.94. The first kappa shape index (κ1) is 15.8. The summed E-state index contributed by atoms with van der Waals surface area (Å²) in [6.07, 6.45) is 1.55. The van der Waals surface area contributed by atoms with Crippen molar-refractivity contribution in [1.82, 2.24) is 4.98 Å². The van der Waals surface area contributed by atoms with Gasteiger partial charge in [-0.1, -0.05) is 0 Å². The van der Waals surface area contributed by atoms with E-state index in [1.807, 2.05) is 13.0 Å². The van der Waals surface area contributed by atoms with E-state index in [1.54, 1.807) is 24.4 Å². The summed E-state index contributed by atoms with van der Waals surface area (Å²) in [6, 6.07) is 6.96. The molecule has 5 nitrogen and oxygen atoms in total. The van der Waals surface area contributed by atoms with Crippen molar-refractivity contribution < 1.29 is 8.42 Å². The normalized spacial score (nSPS) is 11.4. The Kier molecular flexibility index (Phi) is 4.84. The molecule has 0 saturated carbocycles. The number of anilines is 2. The first-order valence-electron chi connectivity index (χ1n) is 6.76. The number of hydrogen-bond acceptors (Lipinski definition) is 5. The Labute approximate surface area is 129 Å². The Morgan fingerprint density at radius 3 is 2.38 bits per heavy atom. The number of aromatic nitrogens is 1. The maximum Gasteiger partial charge on any atom is 0.271 e. The fourth-order valence-corrected chi connectivity index (χ4v) is 4.27. The Bertz CT molecular complexity index is 689. The Balaban J connectivity index is 2.17. The monoisotopic (exact) mass is 325 g/mol. The zero-order valence-electron chi connectivity index (χ0n) is 12.3. The molecule has 0 aromatic carbocycles. The molecule has 114 valence electrons. The van der Waals surface area contributed by atoms with E-state index in [-0.39, 0.29) is 0 Å². The van der Waals surface area contributed by atoms with Gasteiger partial charge in [0.2, 0.25) is 0 Å². The van der Waals surface area contributed by atoms with Gasteiger partial charge in [0, 0.05) is 18.0 Å². The number of hydrogen-bond donors (Lipinski definition) is 1. The molecular weight excluding hydrogens is 306 g/mol. The van der Waals surface area contributed by atoms with Gasteiger partial charge in [-0.2, -0.15) is 0 Å². The standard InChI is InChI=1S/C14H19N3O2S2/c1-4-17(5-2)13-8-7-12(10-15-13)16-21(18,19)14-9-6-11(3)20-14/h6-10,16H,4-5H2,1-3H3. The Morgan fingerprint density at radius 1 is 1.19 bits per heavy atom. The van der Waals surface area contributed by atoms with Gasteiger partial charge in [0.1, 0.15) is 10.0 Å². The second kappa shape index (κ2) is 6.44. The summed E-state index contributed by atoms with van der Waals surface area (Å²) in [5, 5.41) is 0. The average Bonchev–Trinajstić information content (AvgIpc) is 2.89. The fourth-order valence-electron chi connectivity index (χ4n) is 1.94. The van der Waals surface area contributed by atoms with Crippen LogP contribution >= 0.6 is 11.3 Å². The number of thiophene rings is 1. The lowest BCUT2D eigenvalue weighted by atomic mass is 10.4. The number of pyridine rings is 1. The summed E-state index contributed by atoms with van der Waals surface area (Å²) in [5.41, 5.74) is 0.469. The number of aryl methyl sites for hydroxylation is 1. The predicted molar refractivity (Wildman–Crippen MR) is 87.7 cm³/mol. The number of sulfonamides is 1. The molecule has 0 spiro atoms. The van der Waals surface area contributed by atoms with Gasteiger partial charge in [0.15, 0.2) is 0 Å². The van der Waals surface area contributed by atoms with E-state index in [9.17, 15) is 8.42 Å². The van der Waals surface area contributed by atoms with E-state index in [1.165, 1.54) is 11.3 Å². The summed E-state index contributed by atoms with van der Waals surface area (Å²) in [7, 11) is -3.52. The van der Waals surface area contributed by atoms with Crippen LogP contribution in [0.3, 0.4) is 0 Å². The summed E-state index contributed by atoms with van der Waals surface area (Å²) in [4.78, 5) is 7.37. The van der Waals surface area contributed by atoms with Crippen LogP contribution in [0.2, 0.25) is 0 Å². The minimum absolute atomic E-state index is 0.313. The minimum atomic E-state index is -3.52. The molecule has 0 saturated heterocycles. The van der Waals surface area contributed by atoms with Crippen molar-refractivity contribution in [3.8, 4) is 0 Å². The van der Waals surface area contributed by atoms with Crippen LogP contribution in [0, 0.1) is 6.92 Å². The quantitative estimate of drug-likeness (QED) is 0.886. The van der Waals surface area contributed by atoms with E-state index >= 15 is 0 Å². The van der Waals surface area contributed by atoms with E-state index < -0.39 is 10.0 Å². The first-order valence-corrected chi connectivity index (χ1v) is 9.06. The van der Waals surface area contributed by atoms with Crippen molar-refractivity contribution in [3.05, 3.63) is 35.3 Å². The van der Waals surface area contributed by atoms with Gasteiger partial charge in [0.25, 0.3) is 10.0 Å². The highest BCUT2D eigenvalue weighted by atomic mass is 32.2. The third-order valence-electron chi connectivity index (χ3n) is 3.07. The number of rotatable bonds is 6. The fraction of sp³-hybridized carbons (Fsp3) is 0.357. The highest BCUT2D eigenvalue weighted by Crippen LogP contribution is 2.23. The molecule has 0 aliphatic carbocycles. The highest BCUT2D eigenvalue weighted by molar-refractivity contribution is 7.94.